The molecule has 0 fully saturated rings. The van der Waals surface area contributed by atoms with Gasteiger partial charge in [-0.15, -0.1) is 0 Å². The molecule has 0 saturated heterocycles. The Morgan fingerprint density at radius 3 is 2.18 bits per heavy atom. The van der Waals surface area contributed by atoms with Crippen LogP contribution in [0.15, 0.2) is 48.5 Å². The van der Waals surface area contributed by atoms with Crippen molar-refractivity contribution in [3.8, 4) is 0 Å². The number of hydrogen-bond donors (Lipinski definition) is 2. The van der Waals surface area contributed by atoms with Gasteiger partial charge in [0.25, 0.3) is 0 Å². The smallest absolute Gasteiger partial charge is 0.391 e. The number of hydrogen-bond acceptors (Lipinski definition) is 2. The predicted octanol–water partition coefficient (Wildman–Crippen LogP) is 3.30. The van der Waals surface area contributed by atoms with E-state index in [0.29, 0.717) is 5.56 Å². The number of halogens is 4. The summed E-state index contributed by atoms with van der Waals surface area (Å²) in [7, 11) is 0. The van der Waals surface area contributed by atoms with Crippen molar-refractivity contribution in [3.63, 3.8) is 0 Å². The molecule has 0 aliphatic heterocycles. The number of benzene rings is 2. The molecule has 0 saturated carbocycles. The Kier molecular flexibility index (Phi) is 4.83. The van der Waals surface area contributed by atoms with Gasteiger partial charge in [-0.2, -0.15) is 13.2 Å². The highest BCUT2D eigenvalue weighted by Gasteiger charge is 2.32. The first kappa shape index (κ1) is 16.5. The lowest BCUT2D eigenvalue weighted by Gasteiger charge is -2.23. The molecule has 0 aliphatic carbocycles. The van der Waals surface area contributed by atoms with Crippen LogP contribution < -0.4 is 5.73 Å². The minimum atomic E-state index is -4.48. The standard InChI is InChI=1S/C16H15F4NO/c17-13-6-4-10(5-7-13)15(14(22)9-21)11-2-1-3-12(8-11)16(18,19)20/h1-8,14-15,22H,9,21H2. The summed E-state index contributed by atoms with van der Waals surface area (Å²) in [5.74, 6) is -1.22. The molecule has 22 heavy (non-hydrogen) atoms. The van der Waals surface area contributed by atoms with Gasteiger partial charge in [0.15, 0.2) is 0 Å². The van der Waals surface area contributed by atoms with Crippen LogP contribution in [0.1, 0.15) is 22.6 Å². The molecule has 2 atom stereocenters. The molecule has 0 radical (unpaired) electrons. The molecule has 2 aromatic rings. The van der Waals surface area contributed by atoms with Crippen LogP contribution in [0.4, 0.5) is 17.6 Å². The van der Waals surface area contributed by atoms with Crippen molar-refractivity contribution in [1.82, 2.24) is 0 Å². The molecule has 3 N–H and O–H groups in total. The molecule has 2 nitrogen and oxygen atoms in total. The van der Waals surface area contributed by atoms with E-state index >= 15 is 0 Å². The van der Waals surface area contributed by atoms with Crippen LogP contribution in [0.5, 0.6) is 0 Å². The van der Waals surface area contributed by atoms with E-state index in [1.54, 1.807) is 0 Å². The number of aliphatic hydroxyl groups excluding tert-OH is 1. The van der Waals surface area contributed by atoms with Gasteiger partial charge in [0.2, 0.25) is 0 Å². The molecule has 2 unspecified atom stereocenters. The summed E-state index contributed by atoms with van der Waals surface area (Å²) in [6.45, 7) is -0.127. The Labute approximate surface area is 125 Å². The lowest BCUT2D eigenvalue weighted by molar-refractivity contribution is -0.137. The molecular weight excluding hydrogens is 298 g/mol. The van der Waals surface area contributed by atoms with Crippen molar-refractivity contribution < 1.29 is 22.7 Å². The van der Waals surface area contributed by atoms with Crippen LogP contribution in [0.25, 0.3) is 0 Å². The SMILES string of the molecule is NCC(O)C(c1ccc(F)cc1)c1cccc(C(F)(F)F)c1. The monoisotopic (exact) mass is 313 g/mol. The van der Waals surface area contributed by atoms with E-state index in [2.05, 4.69) is 0 Å². The van der Waals surface area contributed by atoms with Crippen molar-refractivity contribution in [2.45, 2.75) is 18.2 Å². The highest BCUT2D eigenvalue weighted by Crippen LogP contribution is 2.34. The van der Waals surface area contributed by atoms with Crippen LogP contribution in [0.2, 0.25) is 0 Å². The second-order valence-electron chi connectivity index (χ2n) is 4.96. The zero-order valence-corrected chi connectivity index (χ0v) is 11.5. The van der Waals surface area contributed by atoms with Crippen molar-refractivity contribution in [3.05, 3.63) is 71.0 Å². The van der Waals surface area contributed by atoms with Gasteiger partial charge in [0.05, 0.1) is 11.7 Å². The largest absolute Gasteiger partial charge is 0.416 e. The Morgan fingerprint density at radius 1 is 1.00 bits per heavy atom. The number of nitrogens with two attached hydrogens (primary N) is 1. The number of rotatable bonds is 4. The minimum absolute atomic E-state index is 0.127. The fourth-order valence-electron chi connectivity index (χ4n) is 2.35. The van der Waals surface area contributed by atoms with Crippen molar-refractivity contribution in [1.29, 1.82) is 0 Å². The summed E-state index contributed by atoms with van der Waals surface area (Å²) >= 11 is 0. The van der Waals surface area contributed by atoms with Gasteiger partial charge in [-0.3, -0.25) is 0 Å². The average molecular weight is 313 g/mol. The lowest BCUT2D eigenvalue weighted by Crippen LogP contribution is -2.28. The summed E-state index contributed by atoms with van der Waals surface area (Å²) in [6, 6.07) is 9.95. The number of alkyl halides is 3. The third-order valence-corrected chi connectivity index (χ3v) is 3.43. The van der Waals surface area contributed by atoms with Crippen LogP contribution in [0.3, 0.4) is 0 Å². The maximum absolute atomic E-state index is 13.0. The second-order valence-corrected chi connectivity index (χ2v) is 4.96. The van der Waals surface area contributed by atoms with Gasteiger partial charge in [0.1, 0.15) is 5.82 Å². The van der Waals surface area contributed by atoms with Gasteiger partial charge in [-0.25, -0.2) is 4.39 Å². The van der Waals surface area contributed by atoms with Crippen molar-refractivity contribution >= 4 is 0 Å². The minimum Gasteiger partial charge on any atom is -0.391 e. The maximum atomic E-state index is 13.0. The van der Waals surface area contributed by atoms with Crippen LogP contribution in [0, 0.1) is 5.82 Å². The van der Waals surface area contributed by atoms with Gasteiger partial charge in [-0.05, 0) is 29.3 Å². The summed E-state index contributed by atoms with van der Waals surface area (Å²) in [6.07, 6.45) is -5.55. The Bertz CT molecular complexity index is 625. The highest BCUT2D eigenvalue weighted by molar-refractivity contribution is 5.37. The molecule has 0 amide bonds. The molecule has 0 heterocycles. The van der Waals surface area contributed by atoms with E-state index in [4.69, 9.17) is 5.73 Å². The summed E-state index contributed by atoms with van der Waals surface area (Å²) < 4.78 is 51.5. The normalized spacial score (nSPS) is 14.6. The Balaban J connectivity index is 2.48. The molecule has 2 rings (SSSR count). The Morgan fingerprint density at radius 2 is 1.64 bits per heavy atom. The fourth-order valence-corrected chi connectivity index (χ4v) is 2.35. The lowest BCUT2D eigenvalue weighted by atomic mass is 9.86. The maximum Gasteiger partial charge on any atom is 0.416 e. The van der Waals surface area contributed by atoms with Crippen molar-refractivity contribution in [2.75, 3.05) is 6.54 Å². The summed E-state index contributed by atoms with van der Waals surface area (Å²) in [5.41, 5.74) is 5.43. The van der Waals surface area contributed by atoms with Crippen molar-refractivity contribution in [2.24, 2.45) is 5.73 Å². The fraction of sp³-hybridized carbons (Fsp3) is 0.250. The molecular formula is C16H15F4NO. The average Bonchev–Trinajstić information content (AvgIpc) is 2.49. The van der Waals surface area contributed by atoms with Gasteiger partial charge >= 0.3 is 6.18 Å². The van der Waals surface area contributed by atoms with E-state index in [-0.39, 0.29) is 12.1 Å². The zero-order valence-electron chi connectivity index (χ0n) is 11.5. The highest BCUT2D eigenvalue weighted by atomic mass is 19.4. The van der Waals surface area contributed by atoms with Crippen LogP contribution >= 0.6 is 0 Å². The molecule has 0 aliphatic rings. The van der Waals surface area contributed by atoms with Gasteiger partial charge < -0.3 is 10.8 Å². The van der Waals surface area contributed by atoms with E-state index in [1.807, 2.05) is 0 Å². The third-order valence-electron chi connectivity index (χ3n) is 3.43. The molecule has 2 aromatic carbocycles. The third kappa shape index (κ3) is 3.64. The van der Waals surface area contributed by atoms with Gasteiger partial charge in [-0.1, -0.05) is 30.3 Å². The van der Waals surface area contributed by atoms with Crippen LogP contribution in [-0.2, 0) is 6.18 Å². The Hall–Kier alpha value is -1.92. The van der Waals surface area contributed by atoms with E-state index in [0.717, 1.165) is 12.1 Å². The van der Waals surface area contributed by atoms with Crippen LogP contribution in [-0.4, -0.2) is 17.8 Å². The summed E-state index contributed by atoms with van der Waals surface area (Å²) in [4.78, 5) is 0. The first-order valence-electron chi connectivity index (χ1n) is 6.63. The second kappa shape index (κ2) is 6.46. The topological polar surface area (TPSA) is 46.2 Å². The van der Waals surface area contributed by atoms with E-state index in [9.17, 15) is 22.7 Å². The van der Waals surface area contributed by atoms with E-state index < -0.39 is 29.6 Å². The van der Waals surface area contributed by atoms with Gasteiger partial charge in [0, 0.05) is 12.5 Å². The quantitative estimate of drug-likeness (QED) is 0.851. The number of aliphatic hydroxyl groups is 1. The molecule has 0 spiro atoms. The zero-order chi connectivity index (χ0) is 16.3. The summed E-state index contributed by atoms with van der Waals surface area (Å²) in [5, 5.41) is 10.1. The molecule has 118 valence electrons. The molecule has 0 bridgehead atoms. The molecule has 0 aromatic heterocycles. The van der Waals surface area contributed by atoms with E-state index in [1.165, 1.54) is 36.4 Å². The first-order chi connectivity index (χ1) is 10.3. The predicted molar refractivity (Wildman–Crippen MR) is 74.7 cm³/mol. The molecule has 6 heteroatoms. The first-order valence-corrected chi connectivity index (χ1v) is 6.63.